The van der Waals surface area contributed by atoms with E-state index in [4.69, 9.17) is 9.47 Å². The van der Waals surface area contributed by atoms with Crippen molar-refractivity contribution in [3.63, 3.8) is 0 Å². The van der Waals surface area contributed by atoms with Crippen LogP contribution >= 0.6 is 0 Å². The highest BCUT2D eigenvalue weighted by Gasteiger charge is 2.32. The minimum atomic E-state index is -3.94. The van der Waals surface area contributed by atoms with Crippen LogP contribution in [0.2, 0.25) is 0 Å². The summed E-state index contributed by atoms with van der Waals surface area (Å²) >= 11 is 0. The van der Waals surface area contributed by atoms with Crippen molar-refractivity contribution in [2.24, 2.45) is 5.92 Å². The molecule has 0 spiro atoms. The summed E-state index contributed by atoms with van der Waals surface area (Å²) in [5, 5.41) is 10.2. The summed E-state index contributed by atoms with van der Waals surface area (Å²) in [6.45, 7) is 7.62. The van der Waals surface area contributed by atoms with Gasteiger partial charge in [0.15, 0.2) is 0 Å². The number of nitrogens with one attached hydrogen (secondary N) is 1. The van der Waals surface area contributed by atoms with E-state index < -0.39 is 38.1 Å². The van der Waals surface area contributed by atoms with E-state index in [2.05, 4.69) is 4.72 Å². The maximum Gasteiger partial charge on any atom is 0.261 e. The number of sulfonamides is 2. The van der Waals surface area contributed by atoms with Crippen LogP contribution in [0.4, 0.5) is 5.69 Å². The number of benzene rings is 3. The number of fused-ring (bicyclic) bond motifs is 1. The summed E-state index contributed by atoms with van der Waals surface area (Å²) in [7, 11) is -6.23. The van der Waals surface area contributed by atoms with Crippen LogP contribution in [0.15, 0.2) is 82.6 Å². The third kappa shape index (κ3) is 9.35. The van der Waals surface area contributed by atoms with E-state index in [0.29, 0.717) is 25.2 Å². The van der Waals surface area contributed by atoms with E-state index in [9.17, 15) is 26.7 Å². The van der Waals surface area contributed by atoms with Crippen molar-refractivity contribution in [3.8, 4) is 5.75 Å². The number of hydrogen-bond acceptors (Lipinski definition) is 8. The summed E-state index contributed by atoms with van der Waals surface area (Å²) in [4.78, 5) is 16.1. The summed E-state index contributed by atoms with van der Waals surface area (Å²) in [5.74, 6) is -0.529. The highest BCUT2D eigenvalue weighted by Crippen LogP contribution is 2.30. The van der Waals surface area contributed by atoms with Gasteiger partial charge in [0, 0.05) is 38.3 Å². The molecular weight excluding hydrogens is 655 g/mol. The molecule has 0 bridgehead atoms. The Kier molecular flexibility index (Phi) is 12.7. The molecule has 4 atom stereocenters. The number of carbonyl (C=O) groups is 1. The van der Waals surface area contributed by atoms with Gasteiger partial charge in [-0.3, -0.25) is 9.52 Å². The van der Waals surface area contributed by atoms with Crippen molar-refractivity contribution < 1.29 is 36.2 Å². The summed E-state index contributed by atoms with van der Waals surface area (Å²) in [6, 6.07) is 18.6. The lowest BCUT2D eigenvalue weighted by atomic mass is 10.0. The Hall–Kier alpha value is -3.49. The Morgan fingerprint density at radius 3 is 2.33 bits per heavy atom. The molecule has 262 valence electrons. The number of aliphatic hydroxyl groups excluding tert-OH is 1. The first kappa shape index (κ1) is 37.3. The molecule has 13 heteroatoms. The Labute approximate surface area is 285 Å². The van der Waals surface area contributed by atoms with Gasteiger partial charge in [-0.25, -0.2) is 16.8 Å². The maximum absolute atomic E-state index is 14.4. The van der Waals surface area contributed by atoms with Crippen LogP contribution in [-0.2, 0) is 24.8 Å². The first-order chi connectivity index (χ1) is 22.7. The first-order valence-corrected chi connectivity index (χ1v) is 19.1. The van der Waals surface area contributed by atoms with Crippen molar-refractivity contribution in [3.05, 3.63) is 83.9 Å². The molecule has 0 radical (unpaired) electrons. The summed E-state index contributed by atoms with van der Waals surface area (Å²) in [5.41, 5.74) is 1.26. The van der Waals surface area contributed by atoms with Crippen molar-refractivity contribution >= 4 is 31.6 Å². The Bertz CT molecular complexity index is 1740. The molecule has 11 nitrogen and oxygen atoms in total. The third-order valence-electron chi connectivity index (χ3n) is 8.52. The van der Waals surface area contributed by atoms with Crippen LogP contribution in [0, 0.1) is 12.8 Å². The summed E-state index contributed by atoms with van der Waals surface area (Å²) < 4.78 is 69.5. The Morgan fingerprint density at radius 2 is 1.67 bits per heavy atom. The van der Waals surface area contributed by atoms with Crippen LogP contribution in [0.1, 0.15) is 56.0 Å². The number of likely N-dealkylation sites (N-methyl/N-ethyl adjacent to an activating group) is 1. The predicted molar refractivity (Wildman–Crippen MR) is 185 cm³/mol. The zero-order valence-corrected chi connectivity index (χ0v) is 29.8. The quantitative estimate of drug-likeness (QED) is 0.321. The SMILES string of the molecule is Cc1ccc(S(=O)(=O)N(C)C[C@@H]2OCCCC[C@H](C)Oc3ccc(NS(=O)(=O)c4ccccc4)cc3C(=O)N([C@H](C)CO)C[C@@H]2C)cc1. The molecule has 0 fully saturated rings. The largest absolute Gasteiger partial charge is 0.490 e. The minimum absolute atomic E-state index is 0.0500. The number of rotatable bonds is 9. The second kappa shape index (κ2) is 16.3. The van der Waals surface area contributed by atoms with Crippen LogP contribution in [0.3, 0.4) is 0 Å². The molecule has 1 amide bonds. The van der Waals surface area contributed by atoms with Gasteiger partial charge in [0.25, 0.3) is 15.9 Å². The zero-order chi connectivity index (χ0) is 35.1. The lowest BCUT2D eigenvalue weighted by Gasteiger charge is -2.35. The monoisotopic (exact) mass is 701 g/mol. The molecule has 1 aliphatic heterocycles. The predicted octanol–water partition coefficient (Wildman–Crippen LogP) is 4.91. The number of amides is 1. The normalized spacial score (nSPS) is 20.8. The van der Waals surface area contributed by atoms with Crippen molar-refractivity contribution in [1.29, 1.82) is 0 Å². The average molecular weight is 702 g/mol. The standard InChI is InChI=1S/C35H47N3O8S2/c1-25-14-17-31(18-15-25)48(43,44)37(5)23-34-26(2)22-38(27(3)24-39)35(40)32-21-29(36-47(41,42)30-12-7-6-8-13-30)16-19-33(32)46-28(4)11-9-10-20-45-34/h6-8,12-19,21,26-28,34,36,39H,9-11,20,22-24H2,1-5H3/t26-,27+,28-,34-/m0/s1. The topological polar surface area (TPSA) is 143 Å². The molecule has 0 saturated heterocycles. The lowest BCUT2D eigenvalue weighted by Crippen LogP contribution is -2.48. The van der Waals surface area contributed by atoms with Crippen molar-refractivity contribution in [2.75, 3.05) is 38.1 Å². The number of hydrogen-bond donors (Lipinski definition) is 2. The molecule has 3 aromatic carbocycles. The van der Waals surface area contributed by atoms with E-state index in [-0.39, 0.29) is 52.8 Å². The molecule has 2 N–H and O–H groups in total. The number of carbonyl (C=O) groups excluding carboxylic acids is 1. The van der Waals surface area contributed by atoms with E-state index in [0.717, 1.165) is 12.0 Å². The van der Waals surface area contributed by atoms with Gasteiger partial charge in [0.1, 0.15) is 5.75 Å². The van der Waals surface area contributed by atoms with Crippen LogP contribution in [0.5, 0.6) is 5.75 Å². The smallest absolute Gasteiger partial charge is 0.261 e. The molecule has 0 unspecified atom stereocenters. The van der Waals surface area contributed by atoms with Gasteiger partial charge in [0.2, 0.25) is 10.0 Å². The number of anilines is 1. The molecule has 3 aromatic rings. The molecule has 0 aliphatic carbocycles. The second-order valence-electron chi connectivity index (χ2n) is 12.5. The zero-order valence-electron chi connectivity index (χ0n) is 28.2. The van der Waals surface area contributed by atoms with Crippen LogP contribution in [-0.4, -0.2) is 88.7 Å². The first-order valence-electron chi connectivity index (χ1n) is 16.2. The fraction of sp³-hybridized carbons (Fsp3) is 0.457. The molecule has 0 aromatic heterocycles. The molecule has 4 rings (SSSR count). The molecule has 1 aliphatic rings. The van der Waals surface area contributed by atoms with Crippen molar-refractivity contribution in [1.82, 2.24) is 9.21 Å². The lowest BCUT2D eigenvalue weighted by molar-refractivity contribution is -0.00833. The van der Waals surface area contributed by atoms with Gasteiger partial charge in [-0.05, 0) is 82.5 Å². The number of ether oxygens (including phenoxy) is 2. The van der Waals surface area contributed by atoms with Gasteiger partial charge in [-0.2, -0.15) is 4.31 Å². The highest BCUT2D eigenvalue weighted by atomic mass is 32.2. The number of nitrogens with zero attached hydrogens (tertiary/aromatic N) is 2. The van der Waals surface area contributed by atoms with E-state index in [1.165, 1.54) is 34.5 Å². The van der Waals surface area contributed by atoms with E-state index in [1.54, 1.807) is 61.5 Å². The van der Waals surface area contributed by atoms with Crippen LogP contribution < -0.4 is 9.46 Å². The number of aryl methyl sites for hydroxylation is 1. The van der Waals surface area contributed by atoms with E-state index >= 15 is 0 Å². The van der Waals surface area contributed by atoms with Gasteiger partial charge in [-0.15, -0.1) is 0 Å². The number of aliphatic hydroxyl groups is 1. The summed E-state index contributed by atoms with van der Waals surface area (Å²) in [6.07, 6.45) is 1.31. The van der Waals surface area contributed by atoms with Crippen LogP contribution in [0.25, 0.3) is 0 Å². The van der Waals surface area contributed by atoms with Gasteiger partial charge in [-0.1, -0.05) is 42.8 Å². The van der Waals surface area contributed by atoms with Gasteiger partial charge in [0.05, 0.1) is 40.2 Å². The van der Waals surface area contributed by atoms with Gasteiger partial charge >= 0.3 is 0 Å². The average Bonchev–Trinajstić information content (AvgIpc) is 3.06. The molecule has 48 heavy (non-hydrogen) atoms. The Morgan fingerprint density at radius 1 is 0.979 bits per heavy atom. The van der Waals surface area contributed by atoms with Gasteiger partial charge < -0.3 is 19.5 Å². The molecule has 0 saturated carbocycles. The molecule has 1 heterocycles. The van der Waals surface area contributed by atoms with E-state index in [1.807, 2.05) is 20.8 Å². The molecular formula is C35H47N3O8S2. The fourth-order valence-corrected chi connectivity index (χ4v) is 7.76. The fourth-order valence-electron chi connectivity index (χ4n) is 5.50. The third-order valence-corrected chi connectivity index (χ3v) is 11.8. The Balaban J connectivity index is 1.67. The van der Waals surface area contributed by atoms with Crippen molar-refractivity contribution in [2.45, 2.75) is 75.0 Å². The maximum atomic E-state index is 14.4. The second-order valence-corrected chi connectivity index (χ2v) is 16.3. The minimum Gasteiger partial charge on any atom is -0.490 e. The highest BCUT2D eigenvalue weighted by molar-refractivity contribution is 7.92.